The van der Waals surface area contributed by atoms with E-state index in [1.165, 1.54) is 0 Å². The van der Waals surface area contributed by atoms with Gasteiger partial charge in [0.1, 0.15) is 5.60 Å². The van der Waals surface area contributed by atoms with Crippen molar-refractivity contribution in [1.82, 2.24) is 0 Å². The van der Waals surface area contributed by atoms with Gasteiger partial charge < -0.3 is 29.2 Å². The molecule has 324 valence electrons. The van der Waals surface area contributed by atoms with E-state index in [1.54, 1.807) is 0 Å². The summed E-state index contributed by atoms with van der Waals surface area (Å²) in [5.74, 6) is -6.90. The number of hydrogen-bond donors (Lipinski definition) is 2. The van der Waals surface area contributed by atoms with E-state index in [1.807, 2.05) is 27.7 Å². The van der Waals surface area contributed by atoms with Crippen molar-refractivity contribution in [2.75, 3.05) is 13.2 Å². The normalized spacial score (nSPS) is 40.9. The second-order valence-corrected chi connectivity index (χ2v) is 16.9. The van der Waals surface area contributed by atoms with Crippen LogP contribution in [0, 0.1) is 88.8 Å². The summed E-state index contributed by atoms with van der Waals surface area (Å²) in [6, 6.07) is 0. The molecule has 11 nitrogen and oxygen atoms in total. The fourth-order valence-electron chi connectivity index (χ4n) is 12.3. The highest BCUT2D eigenvalue weighted by atomic mass is 16.6. The van der Waals surface area contributed by atoms with E-state index in [-0.39, 0.29) is 132 Å². The second-order valence-electron chi connectivity index (χ2n) is 16.9. The van der Waals surface area contributed by atoms with Crippen molar-refractivity contribution in [3.8, 4) is 0 Å². The number of carboxylic acid groups (broad SMARTS) is 1. The zero-order valence-electron chi connectivity index (χ0n) is 28.0. The molecule has 0 amide bonds. The highest BCUT2D eigenvalue weighted by Gasteiger charge is 2.72. The molecule has 3 aliphatic heterocycles. The average Bonchev–Trinajstić information content (AvgIpc) is 3.83. The van der Waals surface area contributed by atoms with Crippen LogP contribution in [0.2, 0.25) is 0 Å². The molecule has 3 heterocycles. The van der Waals surface area contributed by atoms with Crippen molar-refractivity contribution in [2.45, 2.75) is 150 Å². The van der Waals surface area contributed by atoms with Crippen molar-refractivity contribution in [3.63, 3.8) is 0 Å². The summed E-state index contributed by atoms with van der Waals surface area (Å²) in [6.07, 6.45) is 3.30. The predicted molar refractivity (Wildman–Crippen MR) is 217 cm³/mol. The van der Waals surface area contributed by atoms with Gasteiger partial charge >= 0.3 is 29.8 Å². The molecular weight excluding hydrogens is 704 g/mol. The maximum atomic E-state index is 13.9. The molecule has 0 spiro atoms. The van der Waals surface area contributed by atoms with E-state index in [4.69, 9.17) is 24.1 Å². The van der Waals surface area contributed by atoms with Gasteiger partial charge in [-0.05, 0) is 112 Å². The van der Waals surface area contributed by atoms with Crippen LogP contribution in [0.25, 0.3) is 0 Å². The van der Waals surface area contributed by atoms with Gasteiger partial charge in [-0.15, -0.1) is 0 Å². The fraction of sp³-hybridized carbons (Fsp3) is 0.886. The summed E-state index contributed by atoms with van der Waals surface area (Å²) in [6.45, 7) is 9.55. The smallest absolute Gasteiger partial charge is 0.317 e. The predicted octanol–water partition coefficient (Wildman–Crippen LogP) is 8.58. The van der Waals surface area contributed by atoms with Gasteiger partial charge in [0.2, 0.25) is 0 Å². The Balaban J connectivity index is 0. The van der Waals surface area contributed by atoms with Gasteiger partial charge in [-0.25, -0.2) is 0 Å². The molecule has 2 N–H and O–H groups in total. The minimum absolute atomic E-state index is 0. The molecular formula is C44H82O11. The maximum absolute atomic E-state index is 13.9. The van der Waals surface area contributed by atoms with Crippen LogP contribution in [0.5, 0.6) is 0 Å². The van der Waals surface area contributed by atoms with E-state index in [9.17, 15) is 29.1 Å². The maximum Gasteiger partial charge on any atom is 0.317 e. The quantitative estimate of drug-likeness (QED) is 0.0996. The SMILES string of the molecule is C.C.C.C.C.C.C.C.CC1C2CCC(C2)C1C1C(=O)OC(=O)C1C1C2CC(CC2C(=O)OC(C)(C)C)C1C1C(C)C2OC1C(C(=O)O)C2C(=O)OCCCO. The molecule has 4 saturated carbocycles. The van der Waals surface area contributed by atoms with Gasteiger partial charge in [-0.1, -0.05) is 73.3 Å². The topological polar surface area (TPSA) is 163 Å². The summed E-state index contributed by atoms with van der Waals surface area (Å²) in [5.41, 5.74) is -0.681. The third-order valence-electron chi connectivity index (χ3n) is 13.7. The number of aliphatic hydroxyl groups is 1. The Morgan fingerprint density at radius 2 is 1.29 bits per heavy atom. The molecule has 4 aliphatic carbocycles. The molecule has 3 saturated heterocycles. The van der Waals surface area contributed by atoms with Crippen LogP contribution in [-0.4, -0.2) is 71.1 Å². The number of esters is 4. The van der Waals surface area contributed by atoms with E-state index in [0.29, 0.717) is 24.7 Å². The molecule has 17 atom stereocenters. The van der Waals surface area contributed by atoms with Crippen LogP contribution in [0.15, 0.2) is 0 Å². The first-order chi connectivity index (χ1) is 22.2. The molecule has 0 aromatic rings. The Bertz CT molecular complexity index is 1320. The molecule has 7 fully saturated rings. The Hall–Kier alpha value is -2.53. The van der Waals surface area contributed by atoms with Gasteiger partial charge in [-0.3, -0.25) is 24.0 Å². The van der Waals surface area contributed by atoms with Crippen molar-refractivity contribution in [3.05, 3.63) is 0 Å². The molecule has 6 bridgehead atoms. The zero-order chi connectivity index (χ0) is 33.7. The second kappa shape index (κ2) is 19.8. The van der Waals surface area contributed by atoms with E-state index in [2.05, 4.69) is 6.92 Å². The standard InChI is InChI=1S/C36H50O11.8CH4/c1-14-16-7-8-17(11-16)21(14)25-26(35(43)46-34(25)42)24-19-12-18(13-20(19)32(40)47-36(3,4)5)23(24)22-15(2)29-28(33(41)44-10-6-9-37)27(31(38)39)30(22)45-29;;;;;;;;/h14-30,37H,6-13H2,1-5H3,(H,38,39);8*1H4. The lowest BCUT2D eigenvalue weighted by molar-refractivity contribution is -0.167. The minimum atomic E-state index is -1.13. The van der Waals surface area contributed by atoms with Gasteiger partial charge in [0, 0.05) is 13.0 Å². The first-order valence-electron chi connectivity index (χ1n) is 17.9. The molecule has 55 heavy (non-hydrogen) atoms. The van der Waals surface area contributed by atoms with Crippen molar-refractivity contribution >= 4 is 29.8 Å². The fourth-order valence-corrected chi connectivity index (χ4v) is 12.3. The third kappa shape index (κ3) is 8.68. The third-order valence-corrected chi connectivity index (χ3v) is 13.7. The monoisotopic (exact) mass is 787 g/mol. The largest absolute Gasteiger partial charge is 0.481 e. The first kappa shape index (κ1) is 54.6. The van der Waals surface area contributed by atoms with Crippen LogP contribution >= 0.6 is 0 Å². The zero-order valence-corrected chi connectivity index (χ0v) is 28.0. The lowest BCUT2D eigenvalue weighted by Gasteiger charge is -2.47. The summed E-state index contributed by atoms with van der Waals surface area (Å²) in [7, 11) is 0. The van der Waals surface area contributed by atoms with Gasteiger partial charge in [0.05, 0.1) is 48.4 Å². The summed E-state index contributed by atoms with van der Waals surface area (Å²) in [5, 5.41) is 19.6. The molecule has 0 aromatic carbocycles. The Morgan fingerprint density at radius 3 is 1.82 bits per heavy atom. The number of fused-ring (bicyclic) bond motifs is 6. The number of cyclic esters (lactones) is 2. The number of rotatable bonds is 9. The molecule has 0 radical (unpaired) electrons. The Morgan fingerprint density at radius 1 is 0.709 bits per heavy atom. The number of ether oxygens (including phenoxy) is 4. The highest BCUT2D eigenvalue weighted by molar-refractivity contribution is 5.97. The Labute approximate surface area is 334 Å². The van der Waals surface area contributed by atoms with Crippen molar-refractivity contribution in [2.24, 2.45) is 88.8 Å². The lowest BCUT2D eigenvalue weighted by atomic mass is 9.54. The molecule has 7 rings (SSSR count). The minimum Gasteiger partial charge on any atom is -0.481 e. The van der Waals surface area contributed by atoms with Crippen LogP contribution in [0.3, 0.4) is 0 Å². The number of hydrogen-bond acceptors (Lipinski definition) is 10. The number of carbonyl (C=O) groups excluding carboxylic acids is 4. The highest BCUT2D eigenvalue weighted by Crippen LogP contribution is 2.68. The van der Waals surface area contributed by atoms with E-state index in [0.717, 1.165) is 19.3 Å². The van der Waals surface area contributed by atoms with Crippen molar-refractivity contribution < 1.29 is 53.1 Å². The lowest BCUT2D eigenvalue weighted by Crippen LogP contribution is -2.53. The average molecular weight is 787 g/mol. The summed E-state index contributed by atoms with van der Waals surface area (Å²) >= 11 is 0. The number of carboxylic acids is 1. The van der Waals surface area contributed by atoms with Crippen molar-refractivity contribution in [1.29, 1.82) is 0 Å². The molecule has 11 heteroatoms. The van der Waals surface area contributed by atoms with Gasteiger partial charge in [0.25, 0.3) is 0 Å². The van der Waals surface area contributed by atoms with Crippen LogP contribution in [0.4, 0.5) is 0 Å². The first-order valence-corrected chi connectivity index (χ1v) is 17.9. The molecule has 0 aromatic heterocycles. The number of aliphatic hydroxyl groups excluding tert-OH is 1. The summed E-state index contributed by atoms with van der Waals surface area (Å²) < 4.78 is 23.2. The van der Waals surface area contributed by atoms with E-state index < -0.39 is 71.3 Å². The molecule has 17 unspecified atom stereocenters. The van der Waals surface area contributed by atoms with Crippen LogP contribution in [0.1, 0.15) is 133 Å². The Kier molecular flexibility index (Phi) is 19.6. The number of aliphatic carboxylic acids is 1. The molecule has 7 aliphatic rings. The van der Waals surface area contributed by atoms with Gasteiger partial charge in [-0.2, -0.15) is 0 Å². The van der Waals surface area contributed by atoms with Crippen LogP contribution in [-0.2, 0) is 42.9 Å². The summed E-state index contributed by atoms with van der Waals surface area (Å²) in [4.78, 5) is 67.2. The van der Waals surface area contributed by atoms with E-state index >= 15 is 0 Å². The van der Waals surface area contributed by atoms with Crippen LogP contribution < -0.4 is 0 Å². The van der Waals surface area contributed by atoms with Gasteiger partial charge in [0.15, 0.2) is 0 Å². The number of carbonyl (C=O) groups is 5.